The molecule has 1 aliphatic rings. The van der Waals surface area contributed by atoms with Gasteiger partial charge in [0.1, 0.15) is 5.75 Å². The van der Waals surface area contributed by atoms with E-state index in [0.717, 1.165) is 24.2 Å². The second kappa shape index (κ2) is 4.76. The summed E-state index contributed by atoms with van der Waals surface area (Å²) in [6.45, 7) is 0. The molecule has 1 heterocycles. The Kier molecular flexibility index (Phi) is 2.95. The predicted octanol–water partition coefficient (Wildman–Crippen LogP) is 2.02. The number of nitrogens with one attached hydrogen (secondary N) is 2. The SMILES string of the molecule is COc1ccc(-c2cc(=O)[nH]c(NC3CC3)n2)cc1. The van der Waals surface area contributed by atoms with Gasteiger partial charge in [-0.3, -0.25) is 9.78 Å². The van der Waals surface area contributed by atoms with Crippen molar-refractivity contribution in [1.29, 1.82) is 0 Å². The summed E-state index contributed by atoms with van der Waals surface area (Å²) < 4.78 is 5.11. The Bertz CT molecular complexity index is 630. The fourth-order valence-corrected chi connectivity index (χ4v) is 1.86. The van der Waals surface area contributed by atoms with E-state index in [9.17, 15) is 4.79 Å². The van der Waals surface area contributed by atoms with Crippen LogP contribution in [0.2, 0.25) is 0 Å². The predicted molar refractivity (Wildman–Crippen MR) is 73.5 cm³/mol. The molecule has 2 N–H and O–H groups in total. The van der Waals surface area contributed by atoms with E-state index in [0.29, 0.717) is 17.7 Å². The summed E-state index contributed by atoms with van der Waals surface area (Å²) in [6.07, 6.45) is 2.27. The van der Waals surface area contributed by atoms with Crippen molar-refractivity contribution in [3.63, 3.8) is 0 Å². The summed E-state index contributed by atoms with van der Waals surface area (Å²) in [7, 11) is 1.62. The van der Waals surface area contributed by atoms with Gasteiger partial charge in [0.15, 0.2) is 0 Å². The number of anilines is 1. The van der Waals surface area contributed by atoms with Crippen LogP contribution in [0.15, 0.2) is 35.1 Å². The van der Waals surface area contributed by atoms with Gasteiger partial charge in [0.25, 0.3) is 5.56 Å². The van der Waals surface area contributed by atoms with Crippen LogP contribution < -0.4 is 15.6 Å². The Labute approximate surface area is 110 Å². The molecule has 0 spiro atoms. The lowest BCUT2D eigenvalue weighted by Crippen LogP contribution is -2.13. The highest BCUT2D eigenvalue weighted by Gasteiger charge is 2.21. The van der Waals surface area contributed by atoms with Gasteiger partial charge in [-0.15, -0.1) is 0 Å². The first-order valence-corrected chi connectivity index (χ1v) is 6.27. The number of aromatic amines is 1. The third-order valence-corrected chi connectivity index (χ3v) is 3.05. The second-order valence-electron chi connectivity index (χ2n) is 4.63. The lowest BCUT2D eigenvalue weighted by atomic mass is 10.1. The zero-order valence-electron chi connectivity index (χ0n) is 10.6. The molecule has 1 aromatic heterocycles. The lowest BCUT2D eigenvalue weighted by Gasteiger charge is -2.06. The van der Waals surface area contributed by atoms with Gasteiger partial charge in [0, 0.05) is 17.7 Å². The summed E-state index contributed by atoms with van der Waals surface area (Å²) in [4.78, 5) is 18.8. The smallest absolute Gasteiger partial charge is 0.252 e. The third-order valence-electron chi connectivity index (χ3n) is 3.05. The average molecular weight is 257 g/mol. The molecule has 1 aromatic carbocycles. The van der Waals surface area contributed by atoms with Gasteiger partial charge in [-0.05, 0) is 37.1 Å². The molecule has 0 unspecified atom stereocenters. The molecule has 1 saturated carbocycles. The molecule has 98 valence electrons. The van der Waals surface area contributed by atoms with Gasteiger partial charge in [0.05, 0.1) is 12.8 Å². The number of rotatable bonds is 4. The van der Waals surface area contributed by atoms with Crippen molar-refractivity contribution in [3.05, 3.63) is 40.7 Å². The van der Waals surface area contributed by atoms with Crippen molar-refractivity contribution in [2.45, 2.75) is 18.9 Å². The number of aromatic nitrogens is 2. The Morgan fingerprint density at radius 3 is 2.68 bits per heavy atom. The molecule has 1 fully saturated rings. The molecule has 0 saturated heterocycles. The van der Waals surface area contributed by atoms with E-state index in [1.165, 1.54) is 6.07 Å². The molecule has 0 amide bonds. The Morgan fingerprint density at radius 1 is 1.32 bits per heavy atom. The summed E-state index contributed by atoms with van der Waals surface area (Å²) in [6, 6.07) is 9.44. The molecule has 3 rings (SSSR count). The van der Waals surface area contributed by atoms with Crippen LogP contribution in [0.25, 0.3) is 11.3 Å². The van der Waals surface area contributed by atoms with Gasteiger partial charge in [-0.2, -0.15) is 0 Å². The maximum atomic E-state index is 11.6. The van der Waals surface area contributed by atoms with Crippen LogP contribution in [0, 0.1) is 0 Å². The van der Waals surface area contributed by atoms with Gasteiger partial charge < -0.3 is 10.1 Å². The van der Waals surface area contributed by atoms with E-state index in [1.807, 2.05) is 24.3 Å². The molecular weight excluding hydrogens is 242 g/mol. The van der Waals surface area contributed by atoms with E-state index < -0.39 is 0 Å². The van der Waals surface area contributed by atoms with E-state index in [2.05, 4.69) is 15.3 Å². The Balaban J connectivity index is 1.93. The van der Waals surface area contributed by atoms with Crippen LogP contribution in [-0.4, -0.2) is 23.1 Å². The summed E-state index contributed by atoms with van der Waals surface area (Å²) >= 11 is 0. The van der Waals surface area contributed by atoms with E-state index in [4.69, 9.17) is 4.74 Å². The van der Waals surface area contributed by atoms with Crippen LogP contribution in [-0.2, 0) is 0 Å². The molecule has 5 heteroatoms. The number of benzene rings is 1. The highest BCUT2D eigenvalue weighted by Crippen LogP contribution is 2.24. The van der Waals surface area contributed by atoms with Crippen molar-refractivity contribution in [2.24, 2.45) is 0 Å². The largest absolute Gasteiger partial charge is 0.497 e. The van der Waals surface area contributed by atoms with E-state index in [1.54, 1.807) is 7.11 Å². The normalized spacial score (nSPS) is 14.2. The molecule has 1 aliphatic carbocycles. The fourth-order valence-electron chi connectivity index (χ4n) is 1.86. The average Bonchev–Trinajstić information content (AvgIpc) is 3.22. The van der Waals surface area contributed by atoms with Crippen LogP contribution in [0.5, 0.6) is 5.75 Å². The van der Waals surface area contributed by atoms with Crippen LogP contribution >= 0.6 is 0 Å². The van der Waals surface area contributed by atoms with Gasteiger partial charge in [0.2, 0.25) is 5.95 Å². The number of ether oxygens (including phenoxy) is 1. The van der Waals surface area contributed by atoms with Crippen molar-refractivity contribution in [1.82, 2.24) is 9.97 Å². The highest BCUT2D eigenvalue weighted by atomic mass is 16.5. The van der Waals surface area contributed by atoms with E-state index >= 15 is 0 Å². The zero-order chi connectivity index (χ0) is 13.2. The van der Waals surface area contributed by atoms with Gasteiger partial charge >= 0.3 is 0 Å². The summed E-state index contributed by atoms with van der Waals surface area (Å²) in [5, 5.41) is 3.20. The van der Waals surface area contributed by atoms with Crippen LogP contribution in [0.3, 0.4) is 0 Å². The topological polar surface area (TPSA) is 67.0 Å². The summed E-state index contributed by atoms with van der Waals surface area (Å²) in [5.74, 6) is 1.32. The number of hydrogen-bond acceptors (Lipinski definition) is 4. The molecule has 0 radical (unpaired) electrons. The number of methoxy groups -OCH3 is 1. The van der Waals surface area contributed by atoms with Gasteiger partial charge in [-0.25, -0.2) is 4.98 Å². The molecular formula is C14H15N3O2. The van der Waals surface area contributed by atoms with Crippen LogP contribution in [0.4, 0.5) is 5.95 Å². The molecule has 0 aliphatic heterocycles. The first kappa shape index (κ1) is 11.8. The summed E-state index contributed by atoms with van der Waals surface area (Å²) in [5.41, 5.74) is 1.41. The molecule has 0 bridgehead atoms. The monoisotopic (exact) mass is 257 g/mol. The standard InChI is InChI=1S/C14H15N3O2/c1-19-11-6-2-9(3-7-11)12-8-13(18)17-14(16-12)15-10-4-5-10/h2-3,6-8,10H,4-5H2,1H3,(H2,15,16,17,18). The lowest BCUT2D eigenvalue weighted by molar-refractivity contribution is 0.415. The fraction of sp³-hybridized carbons (Fsp3) is 0.286. The maximum Gasteiger partial charge on any atom is 0.252 e. The minimum absolute atomic E-state index is 0.149. The first-order valence-electron chi connectivity index (χ1n) is 6.27. The highest BCUT2D eigenvalue weighted by molar-refractivity contribution is 5.61. The quantitative estimate of drug-likeness (QED) is 0.879. The Hall–Kier alpha value is -2.30. The number of H-pyrrole nitrogens is 1. The molecule has 19 heavy (non-hydrogen) atoms. The van der Waals surface area contributed by atoms with Crippen molar-refractivity contribution in [2.75, 3.05) is 12.4 Å². The Morgan fingerprint density at radius 2 is 2.05 bits per heavy atom. The maximum absolute atomic E-state index is 11.6. The van der Waals surface area contributed by atoms with Crippen molar-refractivity contribution in [3.8, 4) is 17.0 Å². The van der Waals surface area contributed by atoms with Crippen LogP contribution in [0.1, 0.15) is 12.8 Å². The molecule has 2 aromatic rings. The first-order chi connectivity index (χ1) is 9.24. The van der Waals surface area contributed by atoms with Gasteiger partial charge in [-0.1, -0.05) is 0 Å². The van der Waals surface area contributed by atoms with Crippen molar-refractivity contribution < 1.29 is 4.74 Å². The number of hydrogen-bond donors (Lipinski definition) is 2. The minimum Gasteiger partial charge on any atom is -0.497 e. The number of nitrogens with zero attached hydrogens (tertiary/aromatic N) is 1. The van der Waals surface area contributed by atoms with Crippen molar-refractivity contribution >= 4 is 5.95 Å². The zero-order valence-corrected chi connectivity index (χ0v) is 10.6. The van der Waals surface area contributed by atoms with E-state index in [-0.39, 0.29) is 5.56 Å². The molecule has 0 atom stereocenters. The third kappa shape index (κ3) is 2.76. The molecule has 5 nitrogen and oxygen atoms in total. The second-order valence-corrected chi connectivity index (χ2v) is 4.63. The minimum atomic E-state index is -0.149.